The molecular formula is C20H27N3O5S. The Hall–Kier alpha value is -2.42. The van der Waals surface area contributed by atoms with Crippen LogP contribution < -0.4 is 10.6 Å². The number of carbonyl (C=O) groups excluding carboxylic acids is 4. The van der Waals surface area contributed by atoms with Crippen molar-refractivity contribution in [1.29, 1.82) is 0 Å². The molecule has 0 bridgehead atoms. The van der Waals surface area contributed by atoms with E-state index in [4.69, 9.17) is 4.74 Å². The monoisotopic (exact) mass is 421 g/mol. The molecule has 1 aromatic heterocycles. The third kappa shape index (κ3) is 4.14. The Morgan fingerprint density at radius 1 is 1.31 bits per heavy atom. The van der Waals surface area contributed by atoms with Crippen LogP contribution in [0.3, 0.4) is 0 Å². The number of methoxy groups -OCH3 is 1. The predicted molar refractivity (Wildman–Crippen MR) is 109 cm³/mol. The summed E-state index contributed by atoms with van der Waals surface area (Å²) in [7, 11) is 1.30. The number of nitrogens with one attached hydrogen (secondary N) is 2. The lowest BCUT2D eigenvalue weighted by atomic mass is 9.92. The molecule has 3 rings (SSSR count). The van der Waals surface area contributed by atoms with Gasteiger partial charge in [-0.15, -0.1) is 11.3 Å². The fourth-order valence-corrected chi connectivity index (χ4v) is 5.05. The fraction of sp³-hybridized carbons (Fsp3) is 0.600. The quantitative estimate of drug-likeness (QED) is 0.520. The van der Waals surface area contributed by atoms with E-state index in [0.29, 0.717) is 22.9 Å². The van der Waals surface area contributed by atoms with E-state index in [9.17, 15) is 19.2 Å². The Bertz CT molecular complexity index is 863. The molecule has 0 spiro atoms. The van der Waals surface area contributed by atoms with Gasteiger partial charge in [-0.2, -0.15) is 0 Å². The van der Waals surface area contributed by atoms with E-state index >= 15 is 0 Å². The number of urea groups is 1. The van der Waals surface area contributed by atoms with Gasteiger partial charge in [0.15, 0.2) is 0 Å². The number of carbonyl (C=O) groups is 4. The summed E-state index contributed by atoms with van der Waals surface area (Å²) in [4.78, 5) is 51.9. The van der Waals surface area contributed by atoms with Crippen molar-refractivity contribution in [3.8, 4) is 0 Å². The fourth-order valence-electron chi connectivity index (χ4n) is 3.76. The summed E-state index contributed by atoms with van der Waals surface area (Å²) in [6.45, 7) is 5.39. The van der Waals surface area contributed by atoms with E-state index in [-0.39, 0.29) is 0 Å². The van der Waals surface area contributed by atoms with Gasteiger partial charge in [-0.3, -0.25) is 14.5 Å². The minimum absolute atomic E-state index is 0.386. The molecule has 1 aromatic rings. The summed E-state index contributed by atoms with van der Waals surface area (Å²) >= 11 is 1.35. The van der Waals surface area contributed by atoms with Crippen LogP contribution in [0.4, 0.5) is 9.80 Å². The molecule has 0 saturated carbocycles. The Morgan fingerprint density at radius 3 is 2.69 bits per heavy atom. The number of imide groups is 1. The average Bonchev–Trinajstić information content (AvgIpc) is 3.28. The van der Waals surface area contributed by atoms with Crippen molar-refractivity contribution in [2.75, 3.05) is 19.0 Å². The van der Waals surface area contributed by atoms with Gasteiger partial charge in [-0.25, -0.2) is 9.59 Å². The Kier molecular flexibility index (Phi) is 5.97. The number of anilines is 1. The van der Waals surface area contributed by atoms with E-state index in [1.54, 1.807) is 6.92 Å². The number of esters is 1. The molecule has 4 amide bonds. The Labute approximate surface area is 174 Å². The highest BCUT2D eigenvalue weighted by molar-refractivity contribution is 7.17. The lowest BCUT2D eigenvalue weighted by Gasteiger charge is -2.22. The van der Waals surface area contributed by atoms with Crippen LogP contribution in [0.25, 0.3) is 0 Å². The van der Waals surface area contributed by atoms with Crippen molar-refractivity contribution in [3.05, 3.63) is 16.0 Å². The Balaban J connectivity index is 1.71. The number of thiophene rings is 1. The van der Waals surface area contributed by atoms with Gasteiger partial charge in [0.2, 0.25) is 5.91 Å². The van der Waals surface area contributed by atoms with Crippen molar-refractivity contribution in [2.24, 2.45) is 5.92 Å². The zero-order valence-corrected chi connectivity index (χ0v) is 18.0. The van der Waals surface area contributed by atoms with E-state index in [2.05, 4.69) is 10.6 Å². The van der Waals surface area contributed by atoms with Gasteiger partial charge in [0.05, 0.1) is 12.7 Å². The lowest BCUT2D eigenvalue weighted by molar-refractivity contribution is -0.133. The predicted octanol–water partition coefficient (Wildman–Crippen LogP) is 2.71. The highest BCUT2D eigenvalue weighted by Crippen LogP contribution is 2.39. The summed E-state index contributed by atoms with van der Waals surface area (Å²) < 4.78 is 4.87. The van der Waals surface area contributed by atoms with Gasteiger partial charge in [-0.05, 0) is 50.5 Å². The van der Waals surface area contributed by atoms with Crippen molar-refractivity contribution < 1.29 is 23.9 Å². The van der Waals surface area contributed by atoms with Crippen molar-refractivity contribution in [1.82, 2.24) is 10.2 Å². The third-order valence-corrected chi connectivity index (χ3v) is 6.64. The largest absolute Gasteiger partial charge is 0.465 e. The number of aryl methyl sites for hydroxylation is 1. The molecule has 2 heterocycles. The summed E-state index contributed by atoms with van der Waals surface area (Å²) in [6, 6.07) is -0.571. The molecule has 1 fully saturated rings. The van der Waals surface area contributed by atoms with Gasteiger partial charge < -0.3 is 15.4 Å². The van der Waals surface area contributed by atoms with E-state index in [1.807, 2.05) is 13.8 Å². The maximum absolute atomic E-state index is 12.8. The first-order valence-electron chi connectivity index (χ1n) is 9.83. The molecule has 1 atom stereocenters. The number of ether oxygens (including phenoxy) is 1. The second kappa shape index (κ2) is 8.14. The van der Waals surface area contributed by atoms with Crippen molar-refractivity contribution in [3.63, 3.8) is 0 Å². The van der Waals surface area contributed by atoms with Crippen LogP contribution >= 0.6 is 11.3 Å². The molecule has 0 radical (unpaired) electrons. The molecule has 0 aromatic carbocycles. The third-order valence-electron chi connectivity index (χ3n) is 5.43. The van der Waals surface area contributed by atoms with Gasteiger partial charge in [0.1, 0.15) is 17.1 Å². The van der Waals surface area contributed by atoms with Crippen LogP contribution in [0, 0.1) is 5.92 Å². The normalized spacial score (nSPS) is 20.8. The first-order chi connectivity index (χ1) is 13.7. The molecule has 9 heteroatoms. The lowest BCUT2D eigenvalue weighted by Crippen LogP contribution is -2.44. The van der Waals surface area contributed by atoms with Crippen LogP contribution in [0.1, 0.15) is 60.8 Å². The summed E-state index contributed by atoms with van der Waals surface area (Å²) in [5, 5.41) is 5.83. The van der Waals surface area contributed by atoms with Gasteiger partial charge in [-0.1, -0.05) is 13.8 Å². The summed E-state index contributed by atoms with van der Waals surface area (Å²) in [6.07, 6.45) is 3.90. The molecule has 2 N–H and O–H groups in total. The summed E-state index contributed by atoms with van der Waals surface area (Å²) in [5.74, 6) is -1.02. The SMILES string of the molecule is COC(=O)c1c(NC(=O)CN2C(=O)N[C@@](C)(CCC(C)C)C2=O)sc2c1CCC2. The zero-order chi connectivity index (χ0) is 21.3. The molecule has 2 aliphatic rings. The van der Waals surface area contributed by atoms with Gasteiger partial charge in [0, 0.05) is 4.88 Å². The molecule has 1 saturated heterocycles. The molecule has 29 heavy (non-hydrogen) atoms. The molecule has 8 nitrogen and oxygen atoms in total. The molecule has 0 unspecified atom stereocenters. The minimum atomic E-state index is -0.997. The standard InChI is InChI=1S/C20H27N3O5S/c1-11(2)8-9-20(3)18(26)23(19(27)22-20)10-14(24)21-16-15(17(25)28-4)12-6-5-7-13(12)29-16/h11H,5-10H2,1-4H3,(H,21,24)(H,22,27)/t20-/m0/s1. The first-order valence-corrected chi connectivity index (χ1v) is 10.6. The van der Waals surface area contributed by atoms with Gasteiger partial charge >= 0.3 is 12.0 Å². The zero-order valence-electron chi connectivity index (χ0n) is 17.2. The molecule has 158 valence electrons. The molecular weight excluding hydrogens is 394 g/mol. The maximum Gasteiger partial charge on any atom is 0.341 e. The number of nitrogens with zero attached hydrogens (tertiary/aromatic N) is 1. The van der Waals surface area contributed by atoms with E-state index in [0.717, 1.165) is 41.0 Å². The Morgan fingerprint density at radius 2 is 2.03 bits per heavy atom. The van der Waals surface area contributed by atoms with Crippen molar-refractivity contribution >= 4 is 40.2 Å². The first kappa shape index (κ1) is 21.3. The highest BCUT2D eigenvalue weighted by Gasteiger charge is 2.48. The van der Waals surface area contributed by atoms with Gasteiger partial charge in [0.25, 0.3) is 5.91 Å². The maximum atomic E-state index is 12.8. The number of hydrogen-bond donors (Lipinski definition) is 2. The molecule has 1 aliphatic carbocycles. The smallest absolute Gasteiger partial charge is 0.341 e. The highest BCUT2D eigenvalue weighted by atomic mass is 32.1. The van der Waals surface area contributed by atoms with E-state index in [1.165, 1.54) is 18.4 Å². The topological polar surface area (TPSA) is 105 Å². The number of fused-ring (bicyclic) bond motifs is 1. The van der Waals surface area contributed by atoms with Crippen LogP contribution in [-0.2, 0) is 27.2 Å². The van der Waals surface area contributed by atoms with Crippen LogP contribution in [-0.4, -0.2) is 47.9 Å². The van der Waals surface area contributed by atoms with Crippen LogP contribution in [0.15, 0.2) is 0 Å². The number of amides is 4. The number of hydrogen-bond acceptors (Lipinski definition) is 6. The molecule has 1 aliphatic heterocycles. The second-order valence-corrected chi connectivity index (χ2v) is 9.29. The van der Waals surface area contributed by atoms with E-state index < -0.39 is 35.9 Å². The summed E-state index contributed by atoms with van der Waals surface area (Å²) in [5.41, 5.74) is 0.314. The number of rotatable bonds is 7. The van der Waals surface area contributed by atoms with Crippen LogP contribution in [0.5, 0.6) is 0 Å². The van der Waals surface area contributed by atoms with Crippen LogP contribution in [0.2, 0.25) is 0 Å². The van der Waals surface area contributed by atoms with Crippen molar-refractivity contribution in [2.45, 2.75) is 58.4 Å². The minimum Gasteiger partial charge on any atom is -0.465 e. The second-order valence-electron chi connectivity index (χ2n) is 8.19. The average molecular weight is 422 g/mol.